The van der Waals surface area contributed by atoms with Crippen molar-refractivity contribution in [3.8, 4) is 0 Å². The highest BCUT2D eigenvalue weighted by molar-refractivity contribution is 5.90. The van der Waals surface area contributed by atoms with Gasteiger partial charge in [0.2, 0.25) is 0 Å². The van der Waals surface area contributed by atoms with Crippen molar-refractivity contribution < 1.29 is 23.5 Å². The zero-order valence-electron chi connectivity index (χ0n) is 12.7. The fourth-order valence-electron chi connectivity index (χ4n) is 2.31. The van der Waals surface area contributed by atoms with E-state index in [2.05, 4.69) is 0 Å². The first-order valence-electron chi connectivity index (χ1n) is 7.02. The molecule has 1 saturated heterocycles. The first kappa shape index (κ1) is 14.4. The van der Waals surface area contributed by atoms with E-state index in [1.165, 1.54) is 0 Å². The molecule has 2 amide bonds. The quantitative estimate of drug-likeness (QED) is 0.800. The van der Waals surface area contributed by atoms with Crippen molar-refractivity contribution in [2.45, 2.75) is 32.4 Å². The zero-order valence-corrected chi connectivity index (χ0v) is 12.7. The van der Waals surface area contributed by atoms with Crippen LogP contribution in [-0.2, 0) is 9.47 Å². The number of carbonyl (C=O) groups excluding carboxylic acids is 2. The van der Waals surface area contributed by atoms with Crippen LogP contribution in [0, 0.1) is 0 Å². The molecule has 6 heteroatoms. The predicted octanol–water partition coefficient (Wildman–Crippen LogP) is 3.86. The summed E-state index contributed by atoms with van der Waals surface area (Å²) in [4.78, 5) is 25.1. The van der Waals surface area contributed by atoms with E-state index in [9.17, 15) is 9.59 Å². The van der Waals surface area contributed by atoms with Gasteiger partial charge in [-0.25, -0.2) is 9.59 Å². The smallest absolute Gasteiger partial charge is 0.420 e. The molecule has 3 rings (SSSR count). The number of amides is 2. The normalized spacial score (nSPS) is 18.6. The number of ether oxygens (including phenoxy) is 2. The summed E-state index contributed by atoms with van der Waals surface area (Å²) in [5.41, 5.74) is -0.000692. The summed E-state index contributed by atoms with van der Waals surface area (Å²) in [7, 11) is 0. The van der Waals surface area contributed by atoms with E-state index in [1.807, 2.05) is 24.3 Å². The van der Waals surface area contributed by atoms with Crippen LogP contribution in [-0.4, -0.2) is 29.3 Å². The van der Waals surface area contributed by atoms with E-state index in [1.54, 1.807) is 26.8 Å². The third kappa shape index (κ3) is 2.64. The molecule has 0 spiro atoms. The molecule has 1 aromatic carbocycles. The Balaban J connectivity index is 1.91. The van der Waals surface area contributed by atoms with Crippen molar-refractivity contribution in [3.05, 3.63) is 36.1 Å². The maximum absolute atomic E-state index is 12.2. The molecule has 1 atom stereocenters. The summed E-state index contributed by atoms with van der Waals surface area (Å²) in [6.07, 6.45) is -1.46. The molecule has 6 nitrogen and oxygen atoms in total. The molecular formula is C16H17NO5. The third-order valence-corrected chi connectivity index (χ3v) is 3.24. The average Bonchev–Trinajstić information content (AvgIpc) is 2.99. The summed E-state index contributed by atoms with van der Waals surface area (Å²) in [6, 6.07) is 8.67. The molecule has 116 valence electrons. The highest BCUT2D eigenvalue weighted by Gasteiger charge is 2.43. The second kappa shape index (κ2) is 5.05. The van der Waals surface area contributed by atoms with Gasteiger partial charge in [-0.15, -0.1) is 0 Å². The monoisotopic (exact) mass is 303 g/mol. The van der Waals surface area contributed by atoms with E-state index in [-0.39, 0.29) is 6.61 Å². The van der Waals surface area contributed by atoms with Crippen LogP contribution in [0.4, 0.5) is 9.59 Å². The largest absolute Gasteiger partial charge is 0.459 e. The fourth-order valence-corrected chi connectivity index (χ4v) is 2.31. The first-order chi connectivity index (χ1) is 10.3. The van der Waals surface area contributed by atoms with Crippen LogP contribution < -0.4 is 0 Å². The van der Waals surface area contributed by atoms with Crippen molar-refractivity contribution in [1.29, 1.82) is 0 Å². The minimum Gasteiger partial charge on any atom is -0.459 e. The molecule has 1 fully saturated rings. The number of furan rings is 1. The number of benzene rings is 1. The first-order valence-corrected chi connectivity index (χ1v) is 7.02. The van der Waals surface area contributed by atoms with E-state index in [4.69, 9.17) is 13.9 Å². The van der Waals surface area contributed by atoms with Crippen LogP contribution in [0.2, 0.25) is 0 Å². The number of rotatable bonds is 1. The van der Waals surface area contributed by atoms with Gasteiger partial charge in [-0.1, -0.05) is 18.2 Å². The van der Waals surface area contributed by atoms with Crippen molar-refractivity contribution >= 4 is 23.2 Å². The van der Waals surface area contributed by atoms with E-state index in [0.29, 0.717) is 11.3 Å². The minimum absolute atomic E-state index is 0.0535. The molecule has 0 saturated carbocycles. The highest BCUT2D eigenvalue weighted by Crippen LogP contribution is 2.33. The number of fused-ring (bicyclic) bond motifs is 1. The van der Waals surface area contributed by atoms with Crippen molar-refractivity contribution in [3.63, 3.8) is 0 Å². The summed E-state index contributed by atoms with van der Waals surface area (Å²) < 4.78 is 16.0. The lowest BCUT2D eigenvalue weighted by atomic mass is 10.2. The van der Waals surface area contributed by atoms with E-state index < -0.39 is 23.8 Å². The molecule has 1 aliphatic rings. The van der Waals surface area contributed by atoms with Crippen molar-refractivity contribution in [1.82, 2.24) is 4.90 Å². The molecule has 2 aromatic rings. The molecular weight excluding hydrogens is 286 g/mol. The van der Waals surface area contributed by atoms with Gasteiger partial charge in [-0.3, -0.25) is 0 Å². The van der Waals surface area contributed by atoms with Gasteiger partial charge in [0.25, 0.3) is 0 Å². The highest BCUT2D eigenvalue weighted by atomic mass is 16.6. The summed E-state index contributed by atoms with van der Waals surface area (Å²) in [5.74, 6) is 0.498. The molecule has 22 heavy (non-hydrogen) atoms. The standard InChI is InChI=1S/C16H17NO5/c1-16(2,3)22-15(19)17-11(9-20-14(17)18)13-8-10-6-4-5-7-12(10)21-13/h4-8,11H,9H2,1-3H3/t11-/m0/s1. The van der Waals surface area contributed by atoms with Crippen LogP contribution in [0.1, 0.15) is 32.6 Å². The Kier molecular flexibility index (Phi) is 3.31. The number of imide groups is 1. The Bertz CT molecular complexity index is 694. The Morgan fingerprint density at radius 2 is 2.05 bits per heavy atom. The molecule has 1 aliphatic heterocycles. The van der Waals surface area contributed by atoms with Crippen LogP contribution >= 0.6 is 0 Å². The number of hydrogen-bond acceptors (Lipinski definition) is 5. The third-order valence-electron chi connectivity index (χ3n) is 3.24. The Morgan fingerprint density at radius 3 is 2.73 bits per heavy atom. The Labute approximate surface area is 127 Å². The van der Waals surface area contributed by atoms with Crippen LogP contribution in [0.15, 0.2) is 34.7 Å². The van der Waals surface area contributed by atoms with E-state index in [0.717, 1.165) is 10.3 Å². The van der Waals surface area contributed by atoms with Crippen LogP contribution in [0.3, 0.4) is 0 Å². The number of carbonyl (C=O) groups is 2. The van der Waals surface area contributed by atoms with Gasteiger partial charge in [0.15, 0.2) is 0 Å². The van der Waals surface area contributed by atoms with Gasteiger partial charge in [-0.2, -0.15) is 4.90 Å². The molecule has 2 heterocycles. The summed E-state index contributed by atoms with van der Waals surface area (Å²) >= 11 is 0. The number of hydrogen-bond donors (Lipinski definition) is 0. The van der Waals surface area contributed by atoms with Crippen molar-refractivity contribution in [2.75, 3.05) is 6.61 Å². The maximum Gasteiger partial charge on any atom is 0.420 e. The number of cyclic esters (lactones) is 1. The average molecular weight is 303 g/mol. The van der Waals surface area contributed by atoms with Gasteiger partial charge >= 0.3 is 12.2 Å². The van der Waals surface area contributed by atoms with Crippen LogP contribution in [0.25, 0.3) is 11.0 Å². The molecule has 1 aromatic heterocycles. The predicted molar refractivity (Wildman–Crippen MR) is 78.4 cm³/mol. The molecule has 0 N–H and O–H groups in total. The second-order valence-electron chi connectivity index (χ2n) is 6.13. The Morgan fingerprint density at radius 1 is 1.32 bits per heavy atom. The molecule has 0 aliphatic carbocycles. The number of nitrogens with zero attached hydrogens (tertiary/aromatic N) is 1. The topological polar surface area (TPSA) is 69.0 Å². The van der Waals surface area contributed by atoms with Crippen LogP contribution in [0.5, 0.6) is 0 Å². The molecule has 0 bridgehead atoms. The number of para-hydroxylation sites is 1. The maximum atomic E-state index is 12.2. The Hall–Kier alpha value is -2.50. The zero-order chi connectivity index (χ0) is 15.9. The van der Waals surface area contributed by atoms with Gasteiger partial charge < -0.3 is 13.9 Å². The van der Waals surface area contributed by atoms with Gasteiger partial charge in [0.05, 0.1) is 0 Å². The minimum atomic E-state index is -0.736. The lowest BCUT2D eigenvalue weighted by molar-refractivity contribution is 0.0280. The lowest BCUT2D eigenvalue weighted by Crippen LogP contribution is -2.38. The fraction of sp³-hybridized carbons (Fsp3) is 0.375. The molecule has 0 radical (unpaired) electrons. The molecule has 0 unspecified atom stereocenters. The SMILES string of the molecule is CC(C)(C)OC(=O)N1C(=O)OC[C@H]1c1cc2ccccc2o1. The lowest BCUT2D eigenvalue weighted by Gasteiger charge is -2.24. The van der Waals surface area contributed by atoms with Crippen molar-refractivity contribution in [2.24, 2.45) is 0 Å². The van der Waals surface area contributed by atoms with Gasteiger partial charge in [0, 0.05) is 5.39 Å². The van der Waals surface area contributed by atoms with Gasteiger partial charge in [-0.05, 0) is 32.9 Å². The summed E-state index contributed by atoms with van der Waals surface area (Å²) in [5, 5.41) is 0.904. The van der Waals surface area contributed by atoms with Gasteiger partial charge in [0.1, 0.15) is 29.6 Å². The summed E-state index contributed by atoms with van der Waals surface area (Å²) in [6.45, 7) is 5.27. The second-order valence-corrected chi connectivity index (χ2v) is 6.13. The van der Waals surface area contributed by atoms with E-state index >= 15 is 0 Å².